The van der Waals surface area contributed by atoms with Crippen molar-refractivity contribution in [2.75, 3.05) is 19.7 Å². The van der Waals surface area contributed by atoms with E-state index in [1.807, 2.05) is 0 Å². The topological polar surface area (TPSA) is 21.3 Å². The highest BCUT2D eigenvalue weighted by atomic mass is 16.5. The van der Waals surface area contributed by atoms with Crippen molar-refractivity contribution in [3.8, 4) is 0 Å². The predicted molar refractivity (Wildman–Crippen MR) is 60.5 cm³/mol. The molecule has 0 radical (unpaired) electrons. The molecule has 0 saturated heterocycles. The SMILES string of the molecule is CCCNCC(CCC)OCC1CC1. The molecule has 2 nitrogen and oxygen atoms in total. The fourth-order valence-corrected chi connectivity index (χ4v) is 1.56. The monoisotopic (exact) mass is 199 g/mol. The molecule has 0 spiro atoms. The van der Waals surface area contributed by atoms with Gasteiger partial charge in [-0.3, -0.25) is 0 Å². The lowest BCUT2D eigenvalue weighted by Crippen LogP contribution is -2.30. The first-order valence-corrected chi connectivity index (χ1v) is 6.19. The molecule has 0 bridgehead atoms. The first-order chi connectivity index (χ1) is 6.86. The first kappa shape index (κ1) is 12.0. The zero-order valence-corrected chi connectivity index (χ0v) is 9.72. The Morgan fingerprint density at radius 3 is 2.64 bits per heavy atom. The Labute approximate surface area is 88.4 Å². The van der Waals surface area contributed by atoms with Crippen LogP contribution in [0.15, 0.2) is 0 Å². The Morgan fingerprint density at radius 1 is 1.29 bits per heavy atom. The highest BCUT2D eigenvalue weighted by Gasteiger charge is 2.22. The van der Waals surface area contributed by atoms with Gasteiger partial charge in [-0.1, -0.05) is 20.3 Å². The van der Waals surface area contributed by atoms with E-state index in [0.29, 0.717) is 6.10 Å². The lowest BCUT2D eigenvalue weighted by molar-refractivity contribution is 0.0402. The molecule has 14 heavy (non-hydrogen) atoms. The molecule has 1 unspecified atom stereocenters. The van der Waals surface area contributed by atoms with Crippen LogP contribution < -0.4 is 5.32 Å². The average molecular weight is 199 g/mol. The van der Waals surface area contributed by atoms with Crippen LogP contribution in [-0.4, -0.2) is 25.8 Å². The summed E-state index contributed by atoms with van der Waals surface area (Å²) in [5.74, 6) is 0.889. The van der Waals surface area contributed by atoms with E-state index in [2.05, 4.69) is 19.2 Å². The zero-order chi connectivity index (χ0) is 10.2. The standard InChI is InChI=1S/C12H25NO/c1-3-5-12(9-13-8-4-2)14-10-11-6-7-11/h11-13H,3-10H2,1-2H3. The summed E-state index contributed by atoms with van der Waals surface area (Å²) in [6.07, 6.45) is 6.86. The molecule has 84 valence electrons. The Morgan fingerprint density at radius 2 is 2.07 bits per heavy atom. The largest absolute Gasteiger partial charge is 0.377 e. The van der Waals surface area contributed by atoms with Gasteiger partial charge in [-0.05, 0) is 38.1 Å². The zero-order valence-electron chi connectivity index (χ0n) is 9.72. The van der Waals surface area contributed by atoms with Crippen LogP contribution in [0.3, 0.4) is 0 Å². The number of ether oxygens (including phenoxy) is 1. The van der Waals surface area contributed by atoms with E-state index in [-0.39, 0.29) is 0 Å². The molecule has 0 amide bonds. The molecule has 1 saturated carbocycles. The molecule has 0 heterocycles. The van der Waals surface area contributed by atoms with Gasteiger partial charge in [0.1, 0.15) is 0 Å². The summed E-state index contributed by atoms with van der Waals surface area (Å²) >= 11 is 0. The quantitative estimate of drug-likeness (QED) is 0.576. The molecule has 1 aliphatic rings. The van der Waals surface area contributed by atoms with Gasteiger partial charge in [0.15, 0.2) is 0 Å². The van der Waals surface area contributed by atoms with Gasteiger partial charge in [0.05, 0.1) is 6.10 Å². The summed E-state index contributed by atoms with van der Waals surface area (Å²) in [7, 11) is 0. The Hall–Kier alpha value is -0.0800. The molecular weight excluding hydrogens is 174 g/mol. The molecule has 1 aliphatic carbocycles. The lowest BCUT2D eigenvalue weighted by Gasteiger charge is -2.17. The Balaban J connectivity index is 2.02. The summed E-state index contributed by atoms with van der Waals surface area (Å²) in [6, 6.07) is 0. The van der Waals surface area contributed by atoms with Gasteiger partial charge in [-0.25, -0.2) is 0 Å². The maximum atomic E-state index is 5.89. The maximum Gasteiger partial charge on any atom is 0.0699 e. The van der Waals surface area contributed by atoms with Crippen molar-refractivity contribution >= 4 is 0 Å². The van der Waals surface area contributed by atoms with Crippen LogP contribution >= 0.6 is 0 Å². The van der Waals surface area contributed by atoms with Gasteiger partial charge in [0.2, 0.25) is 0 Å². The number of rotatable bonds is 9. The van der Waals surface area contributed by atoms with Crippen LogP contribution in [0.5, 0.6) is 0 Å². The van der Waals surface area contributed by atoms with E-state index < -0.39 is 0 Å². The van der Waals surface area contributed by atoms with Crippen LogP contribution in [-0.2, 0) is 4.74 Å². The van der Waals surface area contributed by atoms with Gasteiger partial charge in [-0.2, -0.15) is 0 Å². The van der Waals surface area contributed by atoms with Crippen molar-refractivity contribution in [3.63, 3.8) is 0 Å². The molecule has 2 heteroatoms. The van der Waals surface area contributed by atoms with Crippen molar-refractivity contribution in [2.45, 2.75) is 52.1 Å². The van der Waals surface area contributed by atoms with Crippen LogP contribution in [0, 0.1) is 5.92 Å². The highest BCUT2D eigenvalue weighted by molar-refractivity contribution is 4.73. The summed E-state index contributed by atoms with van der Waals surface area (Å²) in [5, 5.41) is 3.44. The summed E-state index contributed by atoms with van der Waals surface area (Å²) in [5.41, 5.74) is 0. The molecule has 0 aliphatic heterocycles. The molecule has 0 aromatic rings. The van der Waals surface area contributed by atoms with Crippen LogP contribution in [0.4, 0.5) is 0 Å². The summed E-state index contributed by atoms with van der Waals surface area (Å²) in [6.45, 7) is 7.58. The van der Waals surface area contributed by atoms with Crippen molar-refractivity contribution in [3.05, 3.63) is 0 Å². The number of nitrogens with one attached hydrogen (secondary N) is 1. The number of hydrogen-bond acceptors (Lipinski definition) is 2. The van der Waals surface area contributed by atoms with E-state index in [1.54, 1.807) is 0 Å². The maximum absolute atomic E-state index is 5.89. The fraction of sp³-hybridized carbons (Fsp3) is 1.00. The van der Waals surface area contributed by atoms with E-state index in [0.717, 1.165) is 25.6 Å². The smallest absolute Gasteiger partial charge is 0.0699 e. The van der Waals surface area contributed by atoms with Gasteiger partial charge in [0.25, 0.3) is 0 Å². The van der Waals surface area contributed by atoms with Crippen LogP contribution in [0.25, 0.3) is 0 Å². The van der Waals surface area contributed by atoms with Crippen molar-refractivity contribution < 1.29 is 4.74 Å². The minimum atomic E-state index is 0.451. The fourth-order valence-electron chi connectivity index (χ4n) is 1.56. The van der Waals surface area contributed by atoms with Gasteiger partial charge in [-0.15, -0.1) is 0 Å². The van der Waals surface area contributed by atoms with E-state index >= 15 is 0 Å². The molecule has 0 aromatic carbocycles. The molecular formula is C12H25NO. The van der Waals surface area contributed by atoms with Crippen molar-refractivity contribution in [1.29, 1.82) is 0 Å². The van der Waals surface area contributed by atoms with E-state index in [1.165, 1.54) is 32.1 Å². The second-order valence-electron chi connectivity index (χ2n) is 4.39. The highest BCUT2D eigenvalue weighted by Crippen LogP contribution is 2.29. The Bertz CT molecular complexity index is 134. The second kappa shape index (κ2) is 7.24. The van der Waals surface area contributed by atoms with E-state index in [4.69, 9.17) is 4.74 Å². The third-order valence-electron chi connectivity index (χ3n) is 2.67. The third-order valence-corrected chi connectivity index (χ3v) is 2.67. The van der Waals surface area contributed by atoms with Crippen molar-refractivity contribution in [1.82, 2.24) is 5.32 Å². The molecule has 1 fully saturated rings. The minimum Gasteiger partial charge on any atom is -0.377 e. The Kier molecular flexibility index (Phi) is 6.20. The first-order valence-electron chi connectivity index (χ1n) is 6.19. The van der Waals surface area contributed by atoms with E-state index in [9.17, 15) is 0 Å². The van der Waals surface area contributed by atoms with Crippen molar-refractivity contribution in [2.24, 2.45) is 5.92 Å². The van der Waals surface area contributed by atoms with Gasteiger partial charge in [0, 0.05) is 13.2 Å². The second-order valence-corrected chi connectivity index (χ2v) is 4.39. The average Bonchev–Trinajstić information content (AvgIpc) is 2.98. The minimum absolute atomic E-state index is 0.451. The summed E-state index contributed by atoms with van der Waals surface area (Å²) in [4.78, 5) is 0. The van der Waals surface area contributed by atoms with Crippen LogP contribution in [0.2, 0.25) is 0 Å². The molecule has 0 aromatic heterocycles. The van der Waals surface area contributed by atoms with Gasteiger partial charge < -0.3 is 10.1 Å². The van der Waals surface area contributed by atoms with Gasteiger partial charge >= 0.3 is 0 Å². The van der Waals surface area contributed by atoms with Crippen LogP contribution in [0.1, 0.15) is 46.0 Å². The number of hydrogen-bond donors (Lipinski definition) is 1. The molecule has 1 atom stereocenters. The summed E-state index contributed by atoms with van der Waals surface area (Å²) < 4.78 is 5.89. The lowest BCUT2D eigenvalue weighted by atomic mass is 10.2. The molecule has 1 rings (SSSR count). The normalized spacial score (nSPS) is 18.4. The third kappa shape index (κ3) is 5.61. The predicted octanol–water partition coefficient (Wildman–Crippen LogP) is 2.58. The molecule has 1 N–H and O–H groups in total.